The molecule has 1 saturated carbocycles. The molecule has 12 heavy (non-hydrogen) atoms. The van der Waals surface area contributed by atoms with Crippen molar-refractivity contribution in [3.8, 4) is 0 Å². The maximum absolute atomic E-state index is 11.1. The molecule has 0 aromatic carbocycles. The molecule has 2 atom stereocenters. The molecule has 0 aliphatic heterocycles. The lowest BCUT2D eigenvalue weighted by Crippen LogP contribution is -2.55. The average molecular weight is 172 g/mol. The minimum Gasteiger partial charge on any atom is -0.317 e. The Labute approximate surface area is 72.1 Å². The van der Waals surface area contributed by atoms with Gasteiger partial charge in [-0.15, -0.1) is 0 Å². The summed E-state index contributed by atoms with van der Waals surface area (Å²) < 4.78 is 0. The molecule has 4 N–H and O–H groups in total. The lowest BCUT2D eigenvalue weighted by atomic mass is 9.77. The van der Waals surface area contributed by atoms with E-state index in [0.29, 0.717) is 18.8 Å². The van der Waals surface area contributed by atoms with Crippen molar-refractivity contribution in [1.29, 1.82) is 0 Å². The van der Waals surface area contributed by atoms with E-state index < -0.39 is 11.4 Å². The normalized spacial score (nSPS) is 36.1. The van der Waals surface area contributed by atoms with E-state index in [1.165, 1.54) is 0 Å². The fourth-order valence-corrected chi connectivity index (χ4v) is 1.91. The zero-order chi connectivity index (χ0) is 9.19. The Kier molecular flexibility index (Phi) is 2.69. The van der Waals surface area contributed by atoms with E-state index in [-0.39, 0.29) is 0 Å². The van der Waals surface area contributed by atoms with Gasteiger partial charge in [0.25, 0.3) is 5.91 Å². The van der Waals surface area contributed by atoms with Crippen LogP contribution in [-0.4, -0.2) is 16.7 Å². The zero-order valence-electron chi connectivity index (χ0n) is 7.34. The molecule has 1 rings (SSSR count). The van der Waals surface area contributed by atoms with Gasteiger partial charge < -0.3 is 5.73 Å². The lowest BCUT2D eigenvalue weighted by molar-refractivity contribution is -0.136. The molecule has 0 heterocycles. The van der Waals surface area contributed by atoms with Crippen molar-refractivity contribution in [2.45, 2.75) is 38.1 Å². The SMILES string of the molecule is CC1CCCC(N)(C(=O)NO)C1. The third-order valence-corrected chi connectivity index (χ3v) is 2.59. The molecule has 0 aromatic rings. The Hall–Kier alpha value is -0.610. The molecule has 1 aliphatic carbocycles. The van der Waals surface area contributed by atoms with Gasteiger partial charge in [-0.3, -0.25) is 10.0 Å². The molecule has 0 spiro atoms. The first kappa shape index (κ1) is 9.48. The van der Waals surface area contributed by atoms with Crippen molar-refractivity contribution in [2.75, 3.05) is 0 Å². The number of hydroxylamine groups is 1. The maximum Gasteiger partial charge on any atom is 0.263 e. The van der Waals surface area contributed by atoms with E-state index in [4.69, 9.17) is 10.9 Å². The predicted octanol–water partition coefficient (Wildman–Crippen LogP) is 0.399. The van der Waals surface area contributed by atoms with E-state index in [9.17, 15) is 4.79 Å². The molecule has 1 amide bonds. The lowest BCUT2D eigenvalue weighted by Gasteiger charge is -2.34. The average Bonchev–Trinajstić information content (AvgIpc) is 2.02. The highest BCUT2D eigenvalue weighted by Crippen LogP contribution is 2.30. The predicted molar refractivity (Wildman–Crippen MR) is 44.5 cm³/mol. The minimum atomic E-state index is -0.841. The van der Waals surface area contributed by atoms with Gasteiger partial charge in [-0.05, 0) is 18.8 Å². The summed E-state index contributed by atoms with van der Waals surface area (Å²) in [5, 5.41) is 8.46. The summed E-state index contributed by atoms with van der Waals surface area (Å²) in [7, 11) is 0. The summed E-state index contributed by atoms with van der Waals surface area (Å²) in [5.74, 6) is 0.0232. The maximum atomic E-state index is 11.1. The van der Waals surface area contributed by atoms with Crippen molar-refractivity contribution in [2.24, 2.45) is 11.7 Å². The monoisotopic (exact) mass is 172 g/mol. The van der Waals surface area contributed by atoms with Gasteiger partial charge in [-0.2, -0.15) is 0 Å². The summed E-state index contributed by atoms with van der Waals surface area (Å²) >= 11 is 0. The van der Waals surface area contributed by atoms with Crippen LogP contribution in [-0.2, 0) is 4.79 Å². The Morgan fingerprint density at radius 1 is 1.75 bits per heavy atom. The van der Waals surface area contributed by atoms with Gasteiger partial charge in [0.1, 0.15) is 0 Å². The number of nitrogens with two attached hydrogens (primary N) is 1. The molecule has 1 aliphatic rings. The van der Waals surface area contributed by atoms with Gasteiger partial charge in [-0.25, -0.2) is 5.48 Å². The van der Waals surface area contributed by atoms with Gasteiger partial charge in [0, 0.05) is 0 Å². The topological polar surface area (TPSA) is 75.4 Å². The van der Waals surface area contributed by atoms with Crippen molar-refractivity contribution in [1.82, 2.24) is 5.48 Å². The van der Waals surface area contributed by atoms with E-state index in [1.807, 2.05) is 0 Å². The molecule has 0 bridgehead atoms. The van der Waals surface area contributed by atoms with E-state index in [2.05, 4.69) is 6.92 Å². The smallest absolute Gasteiger partial charge is 0.263 e. The summed E-state index contributed by atoms with van der Waals surface area (Å²) in [4.78, 5) is 11.1. The van der Waals surface area contributed by atoms with Crippen LogP contribution in [0.3, 0.4) is 0 Å². The number of carbonyl (C=O) groups is 1. The fourth-order valence-electron chi connectivity index (χ4n) is 1.91. The van der Waals surface area contributed by atoms with Gasteiger partial charge in [0.2, 0.25) is 0 Å². The second-order valence-corrected chi connectivity index (χ2v) is 3.80. The molecule has 1 fully saturated rings. The highest BCUT2D eigenvalue weighted by atomic mass is 16.5. The summed E-state index contributed by atoms with van der Waals surface area (Å²) in [6, 6.07) is 0. The highest BCUT2D eigenvalue weighted by molar-refractivity contribution is 5.85. The Balaban J connectivity index is 2.63. The first-order valence-electron chi connectivity index (χ1n) is 4.32. The van der Waals surface area contributed by atoms with Gasteiger partial charge >= 0.3 is 0 Å². The quantitative estimate of drug-likeness (QED) is 0.396. The van der Waals surface area contributed by atoms with Crippen LogP contribution in [0.5, 0.6) is 0 Å². The summed E-state index contributed by atoms with van der Waals surface area (Å²) in [6.07, 6.45) is 3.42. The second-order valence-electron chi connectivity index (χ2n) is 3.80. The Morgan fingerprint density at radius 3 is 2.92 bits per heavy atom. The van der Waals surface area contributed by atoms with Gasteiger partial charge in [0.15, 0.2) is 0 Å². The number of hydrogen-bond acceptors (Lipinski definition) is 3. The molecule has 0 aromatic heterocycles. The van der Waals surface area contributed by atoms with Crippen molar-refractivity contribution >= 4 is 5.91 Å². The number of rotatable bonds is 1. The number of carbonyl (C=O) groups excluding carboxylic acids is 1. The van der Waals surface area contributed by atoms with Crippen LogP contribution >= 0.6 is 0 Å². The van der Waals surface area contributed by atoms with Crippen molar-refractivity contribution in [3.05, 3.63) is 0 Å². The first-order valence-corrected chi connectivity index (χ1v) is 4.32. The highest BCUT2D eigenvalue weighted by Gasteiger charge is 2.37. The van der Waals surface area contributed by atoms with Gasteiger partial charge in [-0.1, -0.05) is 19.8 Å². The first-order chi connectivity index (χ1) is 5.58. The van der Waals surface area contributed by atoms with Crippen molar-refractivity contribution < 1.29 is 10.0 Å². The Bertz CT molecular complexity index is 184. The van der Waals surface area contributed by atoms with Crippen LogP contribution in [0.15, 0.2) is 0 Å². The molecule has 0 radical (unpaired) electrons. The van der Waals surface area contributed by atoms with Crippen LogP contribution in [0.25, 0.3) is 0 Å². The number of nitrogens with one attached hydrogen (secondary N) is 1. The van der Waals surface area contributed by atoms with E-state index in [0.717, 1.165) is 12.8 Å². The number of hydrogen-bond donors (Lipinski definition) is 3. The van der Waals surface area contributed by atoms with Crippen LogP contribution in [0.1, 0.15) is 32.6 Å². The molecule has 70 valence electrons. The Morgan fingerprint density at radius 2 is 2.42 bits per heavy atom. The summed E-state index contributed by atoms with van der Waals surface area (Å²) in [5.41, 5.74) is 6.62. The molecular weight excluding hydrogens is 156 g/mol. The fraction of sp³-hybridized carbons (Fsp3) is 0.875. The minimum absolute atomic E-state index is 0.450. The third-order valence-electron chi connectivity index (χ3n) is 2.59. The van der Waals surface area contributed by atoms with Crippen LogP contribution < -0.4 is 11.2 Å². The van der Waals surface area contributed by atoms with E-state index in [1.54, 1.807) is 5.48 Å². The standard InChI is InChI=1S/C8H16N2O2/c1-6-3-2-4-8(9,5-6)7(11)10-12/h6,12H,2-5,9H2,1H3,(H,10,11). The van der Waals surface area contributed by atoms with Crippen molar-refractivity contribution in [3.63, 3.8) is 0 Å². The van der Waals surface area contributed by atoms with Gasteiger partial charge in [0.05, 0.1) is 5.54 Å². The summed E-state index contributed by atoms with van der Waals surface area (Å²) in [6.45, 7) is 2.07. The molecule has 4 nitrogen and oxygen atoms in total. The van der Waals surface area contributed by atoms with Crippen LogP contribution in [0.4, 0.5) is 0 Å². The van der Waals surface area contributed by atoms with Crippen LogP contribution in [0.2, 0.25) is 0 Å². The number of amides is 1. The zero-order valence-corrected chi connectivity index (χ0v) is 7.34. The molecule has 2 unspecified atom stereocenters. The van der Waals surface area contributed by atoms with Crippen LogP contribution in [0, 0.1) is 5.92 Å². The van der Waals surface area contributed by atoms with E-state index >= 15 is 0 Å². The second kappa shape index (κ2) is 3.41. The largest absolute Gasteiger partial charge is 0.317 e. The molecule has 4 heteroatoms. The third kappa shape index (κ3) is 1.76. The molecule has 0 saturated heterocycles. The molecular formula is C8H16N2O2.